The van der Waals surface area contributed by atoms with Crippen LogP contribution in [0.3, 0.4) is 0 Å². The maximum atomic E-state index is 12.4. The van der Waals surface area contributed by atoms with E-state index in [0.717, 1.165) is 51.4 Å². The first-order valence-corrected chi connectivity index (χ1v) is 35.7. The first kappa shape index (κ1) is 77.1. The molecule has 0 aromatic carbocycles. The van der Waals surface area contributed by atoms with Gasteiger partial charge in [-0.2, -0.15) is 0 Å². The minimum Gasteiger partial charge on any atom is -0.466 e. The van der Waals surface area contributed by atoms with Crippen molar-refractivity contribution in [1.82, 2.24) is 5.32 Å². The number of rotatable bonds is 67. The summed E-state index contributed by atoms with van der Waals surface area (Å²) in [4.78, 5) is 24.5. The van der Waals surface area contributed by atoms with Gasteiger partial charge in [0, 0.05) is 12.8 Å². The van der Waals surface area contributed by atoms with E-state index >= 15 is 0 Å². The number of nitrogens with one attached hydrogen (secondary N) is 1. The Kier molecular flexibility index (Phi) is 66.9. The number of unbranched alkanes of at least 4 members (excludes halogenated alkanes) is 50. The molecular weight excluding hydrogens is 971 g/mol. The zero-order chi connectivity index (χ0) is 57.1. The van der Waals surface area contributed by atoms with E-state index in [-0.39, 0.29) is 18.5 Å². The summed E-state index contributed by atoms with van der Waals surface area (Å²) in [6.07, 6.45) is 88.0. The Morgan fingerprint density at radius 3 is 1.01 bits per heavy atom. The van der Waals surface area contributed by atoms with Crippen LogP contribution in [0.15, 0.2) is 36.5 Å². The van der Waals surface area contributed by atoms with Crippen molar-refractivity contribution in [2.45, 2.75) is 405 Å². The largest absolute Gasteiger partial charge is 0.466 e. The van der Waals surface area contributed by atoms with Gasteiger partial charge in [-0.15, -0.1) is 0 Å². The maximum absolute atomic E-state index is 12.4. The highest BCUT2D eigenvalue weighted by Crippen LogP contribution is 2.19. The maximum Gasteiger partial charge on any atom is 0.305 e. The Bertz CT molecular complexity index is 1280. The van der Waals surface area contributed by atoms with Gasteiger partial charge in [-0.1, -0.05) is 339 Å². The SMILES string of the molecule is CCCC/C=C\C/C=C\CCCCCCCC(=O)OCCCCCCCCCCCCCCCCCCCC/C=C\CCCCCCCCCCCCCCCCCCCC(=O)NC(CO)C(O)CCCCCCCCCCC. The molecule has 0 aromatic rings. The second kappa shape index (κ2) is 68.6. The molecule has 2 atom stereocenters. The molecule has 0 bridgehead atoms. The van der Waals surface area contributed by atoms with Crippen LogP contribution >= 0.6 is 0 Å². The molecule has 0 heterocycles. The van der Waals surface area contributed by atoms with Gasteiger partial charge >= 0.3 is 5.97 Å². The predicted octanol–water partition coefficient (Wildman–Crippen LogP) is 23.1. The number of ether oxygens (including phenoxy) is 1. The summed E-state index contributed by atoms with van der Waals surface area (Å²) in [5, 5.41) is 23.1. The molecule has 0 spiro atoms. The van der Waals surface area contributed by atoms with Crippen molar-refractivity contribution in [3.63, 3.8) is 0 Å². The minimum absolute atomic E-state index is 0.00790. The summed E-state index contributed by atoms with van der Waals surface area (Å²) in [6.45, 7) is 4.91. The van der Waals surface area contributed by atoms with E-state index in [1.54, 1.807) is 0 Å². The van der Waals surface area contributed by atoms with Gasteiger partial charge in [0.25, 0.3) is 0 Å². The van der Waals surface area contributed by atoms with Crippen LogP contribution in [-0.4, -0.2) is 47.4 Å². The van der Waals surface area contributed by atoms with Crippen LogP contribution in [-0.2, 0) is 14.3 Å². The zero-order valence-corrected chi connectivity index (χ0v) is 53.4. The number of amides is 1. The normalized spacial score (nSPS) is 12.7. The number of carbonyl (C=O) groups excluding carboxylic acids is 2. The Balaban J connectivity index is 3.29. The van der Waals surface area contributed by atoms with E-state index in [1.807, 2.05) is 0 Å². The number of hydrogen-bond donors (Lipinski definition) is 3. The van der Waals surface area contributed by atoms with Gasteiger partial charge in [-0.05, 0) is 77.0 Å². The lowest BCUT2D eigenvalue weighted by Gasteiger charge is -2.22. The van der Waals surface area contributed by atoms with Crippen molar-refractivity contribution in [3.8, 4) is 0 Å². The van der Waals surface area contributed by atoms with E-state index < -0.39 is 12.1 Å². The molecule has 0 saturated heterocycles. The Morgan fingerprint density at radius 1 is 0.354 bits per heavy atom. The van der Waals surface area contributed by atoms with Crippen LogP contribution in [0.4, 0.5) is 0 Å². The van der Waals surface area contributed by atoms with Crippen LogP contribution in [0.1, 0.15) is 393 Å². The third kappa shape index (κ3) is 65.1. The van der Waals surface area contributed by atoms with Crippen molar-refractivity contribution >= 4 is 11.9 Å². The molecule has 6 nitrogen and oxygen atoms in total. The summed E-state index contributed by atoms with van der Waals surface area (Å²) in [6, 6.07) is -0.536. The Morgan fingerprint density at radius 2 is 0.646 bits per heavy atom. The van der Waals surface area contributed by atoms with Gasteiger partial charge in [-0.3, -0.25) is 9.59 Å². The molecule has 0 aliphatic heterocycles. The summed E-state index contributed by atoms with van der Waals surface area (Å²) in [5.41, 5.74) is 0. The Labute approximate surface area is 494 Å². The highest BCUT2D eigenvalue weighted by atomic mass is 16.5. The molecule has 1 amide bonds. The molecule has 79 heavy (non-hydrogen) atoms. The molecule has 0 aromatic heterocycles. The molecule has 3 N–H and O–H groups in total. The lowest BCUT2D eigenvalue weighted by atomic mass is 10.0. The summed E-state index contributed by atoms with van der Waals surface area (Å²) in [7, 11) is 0. The molecule has 6 heteroatoms. The summed E-state index contributed by atoms with van der Waals surface area (Å²) in [5.74, 6) is -0.0236. The van der Waals surface area contributed by atoms with Crippen molar-refractivity contribution < 1.29 is 24.5 Å². The highest BCUT2D eigenvalue weighted by Gasteiger charge is 2.20. The molecular formula is C73H139NO5. The molecule has 0 rings (SSSR count). The number of carbonyl (C=O) groups is 2. The van der Waals surface area contributed by atoms with Crippen LogP contribution in [0.25, 0.3) is 0 Å². The van der Waals surface area contributed by atoms with Gasteiger partial charge in [-0.25, -0.2) is 0 Å². The monoisotopic (exact) mass is 1110 g/mol. The zero-order valence-electron chi connectivity index (χ0n) is 53.4. The summed E-state index contributed by atoms with van der Waals surface area (Å²) >= 11 is 0. The van der Waals surface area contributed by atoms with E-state index in [1.165, 1.54) is 308 Å². The lowest BCUT2D eigenvalue weighted by molar-refractivity contribution is -0.143. The molecule has 0 fully saturated rings. The van der Waals surface area contributed by atoms with Crippen LogP contribution in [0.2, 0.25) is 0 Å². The van der Waals surface area contributed by atoms with E-state index in [4.69, 9.17) is 4.74 Å². The predicted molar refractivity (Wildman–Crippen MR) is 347 cm³/mol. The quantitative estimate of drug-likeness (QED) is 0.0320. The molecule has 0 saturated carbocycles. The highest BCUT2D eigenvalue weighted by molar-refractivity contribution is 5.76. The van der Waals surface area contributed by atoms with Crippen molar-refractivity contribution in [1.29, 1.82) is 0 Å². The smallest absolute Gasteiger partial charge is 0.305 e. The molecule has 0 radical (unpaired) electrons. The standard InChI is InChI=1S/C73H139NO5/c1-3-5-7-9-11-13-14-15-44-47-51-55-59-63-67-73(78)79-68-64-60-56-52-48-45-42-40-38-36-34-32-30-28-26-24-22-20-18-16-17-19-21-23-25-27-29-31-33-35-37-39-41-43-46-50-54-58-62-66-72(77)74-70(69-75)71(76)65-61-57-53-49-12-10-8-6-4-2/h9,11,14-17,70-71,75-76H,3-8,10,12-13,18-69H2,1-2H3,(H,74,77)/b11-9-,15-14-,17-16-. The average molecular weight is 1110 g/mol. The van der Waals surface area contributed by atoms with Gasteiger partial charge in [0.05, 0.1) is 25.4 Å². The second-order valence-corrected chi connectivity index (χ2v) is 24.6. The van der Waals surface area contributed by atoms with Crippen molar-refractivity contribution in [3.05, 3.63) is 36.5 Å². The third-order valence-electron chi connectivity index (χ3n) is 16.7. The third-order valence-corrected chi connectivity index (χ3v) is 16.7. The van der Waals surface area contributed by atoms with Crippen LogP contribution < -0.4 is 5.32 Å². The second-order valence-electron chi connectivity index (χ2n) is 24.6. The lowest BCUT2D eigenvalue weighted by Crippen LogP contribution is -2.45. The van der Waals surface area contributed by atoms with Crippen molar-refractivity contribution in [2.75, 3.05) is 13.2 Å². The van der Waals surface area contributed by atoms with E-state index in [2.05, 4.69) is 55.6 Å². The van der Waals surface area contributed by atoms with Gasteiger partial charge in [0.2, 0.25) is 5.91 Å². The number of aliphatic hydroxyl groups excluding tert-OH is 2. The first-order chi connectivity index (χ1) is 39.0. The van der Waals surface area contributed by atoms with Crippen LogP contribution in [0.5, 0.6) is 0 Å². The summed E-state index contributed by atoms with van der Waals surface area (Å²) < 4.78 is 5.48. The van der Waals surface area contributed by atoms with Gasteiger partial charge < -0.3 is 20.3 Å². The topological polar surface area (TPSA) is 95.9 Å². The van der Waals surface area contributed by atoms with Crippen LogP contribution in [0, 0.1) is 0 Å². The van der Waals surface area contributed by atoms with E-state index in [0.29, 0.717) is 25.9 Å². The van der Waals surface area contributed by atoms with Gasteiger partial charge in [0.15, 0.2) is 0 Å². The fraction of sp³-hybridized carbons (Fsp3) is 0.890. The number of aliphatic hydroxyl groups is 2. The molecule has 0 aliphatic rings. The fourth-order valence-electron chi connectivity index (χ4n) is 11.2. The molecule has 0 aliphatic carbocycles. The Hall–Kier alpha value is -1.92. The fourth-order valence-corrected chi connectivity index (χ4v) is 11.2. The molecule has 466 valence electrons. The van der Waals surface area contributed by atoms with Gasteiger partial charge in [0.1, 0.15) is 0 Å². The van der Waals surface area contributed by atoms with E-state index in [9.17, 15) is 19.8 Å². The number of allylic oxidation sites excluding steroid dienone is 6. The molecule has 2 unspecified atom stereocenters. The van der Waals surface area contributed by atoms with Crippen molar-refractivity contribution in [2.24, 2.45) is 0 Å². The number of esters is 1. The minimum atomic E-state index is -0.658. The average Bonchev–Trinajstić information content (AvgIpc) is 3.45. The number of hydrogen-bond acceptors (Lipinski definition) is 5. The first-order valence-electron chi connectivity index (χ1n) is 35.7.